The molecule has 2 fully saturated rings. The Morgan fingerprint density at radius 2 is 2.07 bits per heavy atom. The van der Waals surface area contributed by atoms with E-state index >= 15 is 0 Å². The summed E-state index contributed by atoms with van der Waals surface area (Å²) in [6.07, 6.45) is 2.13. The Hall–Kier alpha value is -2.48. The number of aliphatic hydroxyl groups excluding tert-OH is 1. The third-order valence-electron chi connectivity index (χ3n) is 6.11. The fourth-order valence-electron chi connectivity index (χ4n) is 4.41. The third kappa shape index (κ3) is 4.05. The number of aliphatic hydroxyl groups is 1. The highest BCUT2D eigenvalue weighted by Crippen LogP contribution is 2.49. The van der Waals surface area contributed by atoms with E-state index in [1.807, 2.05) is 41.3 Å². The van der Waals surface area contributed by atoms with Crippen molar-refractivity contribution < 1.29 is 14.6 Å². The van der Waals surface area contributed by atoms with Gasteiger partial charge in [-0.25, -0.2) is 4.98 Å². The van der Waals surface area contributed by atoms with Gasteiger partial charge in [-0.2, -0.15) is 0 Å². The predicted octanol–water partition coefficient (Wildman–Crippen LogP) is 3.06. The highest BCUT2D eigenvalue weighted by atomic mass is 32.1. The third-order valence-corrected chi connectivity index (χ3v) is 7.02. The van der Waals surface area contributed by atoms with E-state index in [0.29, 0.717) is 17.0 Å². The van der Waals surface area contributed by atoms with Crippen LogP contribution in [0.4, 0.5) is 0 Å². The number of likely N-dealkylation sites (tertiary alicyclic amines) is 1. The molecule has 2 N–H and O–H groups in total. The standard InChI is InChI=1S/C23H25N3O3S/c27-14-22(28)26-13-16-11-18(16)20(26)12-24-10-9-15-5-7-17(8-6-15)29-23-25-19-3-1-2-4-21(19)30-23/h1-8,16,18,20,24,27H,9-14H2. The van der Waals surface area contributed by atoms with E-state index in [4.69, 9.17) is 9.84 Å². The zero-order chi connectivity index (χ0) is 20.5. The van der Waals surface area contributed by atoms with Crippen molar-refractivity contribution in [2.24, 2.45) is 11.8 Å². The Morgan fingerprint density at radius 1 is 1.23 bits per heavy atom. The Balaban J connectivity index is 1.10. The Kier molecular flexibility index (Phi) is 5.41. The van der Waals surface area contributed by atoms with Gasteiger partial charge in [0.2, 0.25) is 5.91 Å². The number of piperidine rings is 1. The summed E-state index contributed by atoms with van der Waals surface area (Å²) < 4.78 is 7.03. The number of carbonyl (C=O) groups is 1. The summed E-state index contributed by atoms with van der Waals surface area (Å²) in [6.45, 7) is 2.08. The predicted molar refractivity (Wildman–Crippen MR) is 117 cm³/mol. The molecule has 1 saturated heterocycles. The number of hydrogen-bond acceptors (Lipinski definition) is 6. The van der Waals surface area contributed by atoms with Crippen LogP contribution in [0.5, 0.6) is 10.9 Å². The number of rotatable bonds is 8. The molecular formula is C23H25N3O3S. The number of aromatic nitrogens is 1. The molecule has 0 bridgehead atoms. The van der Waals surface area contributed by atoms with Crippen LogP contribution >= 0.6 is 11.3 Å². The maximum absolute atomic E-state index is 11.9. The van der Waals surface area contributed by atoms with Crippen LogP contribution in [0.25, 0.3) is 10.2 Å². The van der Waals surface area contributed by atoms with Crippen molar-refractivity contribution >= 4 is 27.5 Å². The van der Waals surface area contributed by atoms with Crippen molar-refractivity contribution in [3.05, 3.63) is 54.1 Å². The maximum Gasteiger partial charge on any atom is 0.279 e. The normalized spacial score (nSPS) is 22.3. The van der Waals surface area contributed by atoms with Gasteiger partial charge in [0, 0.05) is 19.1 Å². The van der Waals surface area contributed by atoms with Gasteiger partial charge < -0.3 is 20.1 Å². The second-order valence-corrected chi connectivity index (χ2v) is 9.07. The molecule has 1 aliphatic carbocycles. The molecule has 30 heavy (non-hydrogen) atoms. The molecule has 3 atom stereocenters. The molecule has 2 aromatic carbocycles. The monoisotopic (exact) mass is 423 g/mol. The lowest BCUT2D eigenvalue weighted by molar-refractivity contribution is -0.135. The number of thiazole rings is 1. The van der Waals surface area contributed by atoms with E-state index in [1.165, 1.54) is 12.0 Å². The number of fused-ring (bicyclic) bond motifs is 2. The Morgan fingerprint density at radius 3 is 2.87 bits per heavy atom. The van der Waals surface area contributed by atoms with E-state index in [1.54, 1.807) is 11.3 Å². The summed E-state index contributed by atoms with van der Waals surface area (Å²) in [7, 11) is 0. The summed E-state index contributed by atoms with van der Waals surface area (Å²) in [4.78, 5) is 18.3. The van der Waals surface area contributed by atoms with Crippen molar-refractivity contribution in [1.29, 1.82) is 0 Å². The van der Waals surface area contributed by atoms with Crippen molar-refractivity contribution in [1.82, 2.24) is 15.2 Å². The highest BCUT2D eigenvalue weighted by molar-refractivity contribution is 7.20. The Bertz CT molecular complexity index is 1000. The van der Waals surface area contributed by atoms with Crippen LogP contribution in [0.2, 0.25) is 0 Å². The molecule has 5 rings (SSSR count). The average molecular weight is 424 g/mol. The van der Waals surface area contributed by atoms with Gasteiger partial charge in [-0.15, -0.1) is 0 Å². The highest BCUT2D eigenvalue weighted by Gasteiger charge is 2.53. The molecule has 7 heteroatoms. The van der Waals surface area contributed by atoms with Gasteiger partial charge in [0.25, 0.3) is 5.19 Å². The number of ether oxygens (including phenoxy) is 1. The SMILES string of the molecule is O=C(CO)N1CC2CC2C1CNCCc1ccc(Oc2nc3ccccc3s2)cc1. The number of benzene rings is 2. The molecule has 3 aromatic rings. The van der Waals surface area contributed by atoms with Crippen molar-refractivity contribution in [3.63, 3.8) is 0 Å². The lowest BCUT2D eigenvalue weighted by Gasteiger charge is -2.27. The van der Waals surface area contributed by atoms with Gasteiger partial charge in [0.15, 0.2) is 0 Å². The van der Waals surface area contributed by atoms with Crippen LogP contribution in [0.15, 0.2) is 48.5 Å². The molecule has 6 nitrogen and oxygen atoms in total. The van der Waals surface area contributed by atoms with Crippen LogP contribution in [0.3, 0.4) is 0 Å². The summed E-state index contributed by atoms with van der Waals surface area (Å²) in [5, 5.41) is 13.3. The molecule has 156 valence electrons. The van der Waals surface area contributed by atoms with Gasteiger partial charge in [-0.05, 0) is 61.1 Å². The number of amides is 1. The van der Waals surface area contributed by atoms with E-state index in [9.17, 15) is 4.79 Å². The molecule has 3 unspecified atom stereocenters. The average Bonchev–Trinajstić information content (AvgIpc) is 3.27. The summed E-state index contributed by atoms with van der Waals surface area (Å²) in [5.74, 6) is 1.91. The van der Waals surface area contributed by atoms with Crippen LogP contribution in [-0.2, 0) is 11.2 Å². The zero-order valence-electron chi connectivity index (χ0n) is 16.7. The topological polar surface area (TPSA) is 74.7 Å². The van der Waals surface area contributed by atoms with Gasteiger partial charge in [-0.3, -0.25) is 4.79 Å². The Labute approximate surface area is 179 Å². The summed E-state index contributed by atoms with van der Waals surface area (Å²) in [5.41, 5.74) is 2.19. The number of nitrogens with one attached hydrogen (secondary N) is 1. The van der Waals surface area contributed by atoms with Crippen LogP contribution in [0.1, 0.15) is 12.0 Å². The fourth-order valence-corrected chi connectivity index (χ4v) is 5.25. The quantitative estimate of drug-likeness (QED) is 0.545. The molecule has 2 aliphatic rings. The minimum atomic E-state index is -0.388. The largest absolute Gasteiger partial charge is 0.431 e. The fraction of sp³-hybridized carbons (Fsp3) is 0.391. The van der Waals surface area contributed by atoms with E-state index in [-0.39, 0.29) is 18.6 Å². The van der Waals surface area contributed by atoms with Gasteiger partial charge >= 0.3 is 0 Å². The molecule has 1 aliphatic heterocycles. The number of hydrogen-bond donors (Lipinski definition) is 2. The minimum Gasteiger partial charge on any atom is -0.431 e. The van der Waals surface area contributed by atoms with Gasteiger partial charge in [0.1, 0.15) is 12.4 Å². The maximum atomic E-state index is 11.9. The number of carbonyl (C=O) groups excluding carboxylic acids is 1. The summed E-state index contributed by atoms with van der Waals surface area (Å²) in [6, 6.07) is 16.4. The van der Waals surface area contributed by atoms with Gasteiger partial charge in [0.05, 0.1) is 10.2 Å². The molecule has 1 amide bonds. The molecule has 0 radical (unpaired) electrons. The van der Waals surface area contributed by atoms with Crippen molar-refractivity contribution in [3.8, 4) is 10.9 Å². The molecule has 1 saturated carbocycles. The molecule has 0 spiro atoms. The second-order valence-electron chi connectivity index (χ2n) is 8.08. The first-order chi connectivity index (χ1) is 14.7. The smallest absolute Gasteiger partial charge is 0.279 e. The van der Waals surface area contributed by atoms with Crippen LogP contribution in [-0.4, -0.2) is 53.2 Å². The van der Waals surface area contributed by atoms with Crippen LogP contribution in [0, 0.1) is 11.8 Å². The van der Waals surface area contributed by atoms with Crippen molar-refractivity contribution in [2.45, 2.75) is 18.9 Å². The number of para-hydroxylation sites is 1. The first-order valence-corrected chi connectivity index (χ1v) is 11.3. The van der Waals surface area contributed by atoms with Gasteiger partial charge in [-0.1, -0.05) is 35.6 Å². The first kappa shape index (κ1) is 19.5. The van der Waals surface area contributed by atoms with Crippen molar-refractivity contribution in [2.75, 3.05) is 26.2 Å². The summed E-state index contributed by atoms with van der Waals surface area (Å²) >= 11 is 1.55. The van der Waals surface area contributed by atoms with Crippen LogP contribution < -0.4 is 10.1 Å². The van der Waals surface area contributed by atoms with E-state index in [0.717, 1.165) is 42.0 Å². The van der Waals surface area contributed by atoms with E-state index < -0.39 is 0 Å². The number of nitrogens with zero attached hydrogens (tertiary/aromatic N) is 2. The molecule has 2 heterocycles. The first-order valence-electron chi connectivity index (χ1n) is 10.4. The lowest BCUT2D eigenvalue weighted by Crippen LogP contribution is -2.45. The molecule has 1 aromatic heterocycles. The van der Waals surface area contributed by atoms with E-state index in [2.05, 4.69) is 22.4 Å². The minimum absolute atomic E-state index is 0.141. The second kappa shape index (κ2) is 8.34. The lowest BCUT2D eigenvalue weighted by atomic mass is 10.1. The molecular weight excluding hydrogens is 398 g/mol. The zero-order valence-corrected chi connectivity index (χ0v) is 17.5.